The molecule has 2 aromatic carbocycles. The SMILES string of the molecule is CCOc1ccccc1O[C@@H](c1ccccc1)[C@H]1CO1. The van der Waals surface area contributed by atoms with Crippen LogP contribution in [-0.4, -0.2) is 19.3 Å². The zero-order valence-electron chi connectivity index (χ0n) is 11.5. The number of para-hydroxylation sites is 2. The molecule has 0 aromatic heterocycles. The normalized spacial score (nSPS) is 18.4. The van der Waals surface area contributed by atoms with Gasteiger partial charge in [-0.25, -0.2) is 0 Å². The summed E-state index contributed by atoms with van der Waals surface area (Å²) in [5.41, 5.74) is 1.13. The fourth-order valence-corrected chi connectivity index (χ4v) is 2.19. The molecule has 1 saturated heterocycles. The van der Waals surface area contributed by atoms with Crippen molar-refractivity contribution in [2.45, 2.75) is 19.1 Å². The highest BCUT2D eigenvalue weighted by Gasteiger charge is 2.36. The van der Waals surface area contributed by atoms with E-state index in [2.05, 4.69) is 12.1 Å². The molecule has 20 heavy (non-hydrogen) atoms. The molecule has 1 heterocycles. The molecule has 3 heteroatoms. The first-order valence-electron chi connectivity index (χ1n) is 6.93. The van der Waals surface area contributed by atoms with Crippen molar-refractivity contribution in [2.75, 3.05) is 13.2 Å². The van der Waals surface area contributed by atoms with Crippen LogP contribution < -0.4 is 9.47 Å². The van der Waals surface area contributed by atoms with Gasteiger partial charge < -0.3 is 14.2 Å². The highest BCUT2D eigenvalue weighted by molar-refractivity contribution is 5.40. The minimum atomic E-state index is -0.0854. The van der Waals surface area contributed by atoms with Gasteiger partial charge in [0.05, 0.1) is 13.2 Å². The Morgan fingerprint density at radius 3 is 2.35 bits per heavy atom. The predicted octanol–water partition coefficient (Wildman–Crippen LogP) is 3.60. The molecule has 2 aromatic rings. The van der Waals surface area contributed by atoms with Crippen LogP contribution in [0.2, 0.25) is 0 Å². The molecule has 2 atom stereocenters. The molecule has 3 rings (SSSR count). The number of hydrogen-bond donors (Lipinski definition) is 0. The number of ether oxygens (including phenoxy) is 3. The fourth-order valence-electron chi connectivity index (χ4n) is 2.19. The number of rotatable bonds is 6. The van der Waals surface area contributed by atoms with Crippen LogP contribution in [0.5, 0.6) is 11.5 Å². The molecular weight excluding hydrogens is 252 g/mol. The second kappa shape index (κ2) is 5.97. The molecule has 0 spiro atoms. The van der Waals surface area contributed by atoms with E-state index in [-0.39, 0.29) is 12.2 Å². The van der Waals surface area contributed by atoms with Gasteiger partial charge in [-0.15, -0.1) is 0 Å². The lowest BCUT2D eigenvalue weighted by Gasteiger charge is -2.19. The van der Waals surface area contributed by atoms with E-state index in [0.29, 0.717) is 6.61 Å². The first kappa shape index (κ1) is 13.0. The van der Waals surface area contributed by atoms with Gasteiger partial charge in [0.1, 0.15) is 6.10 Å². The summed E-state index contributed by atoms with van der Waals surface area (Å²) in [5.74, 6) is 1.54. The Hall–Kier alpha value is -2.00. The van der Waals surface area contributed by atoms with Gasteiger partial charge in [-0.05, 0) is 24.6 Å². The Bertz CT molecular complexity index is 549. The van der Waals surface area contributed by atoms with Crippen molar-refractivity contribution in [1.29, 1.82) is 0 Å². The van der Waals surface area contributed by atoms with Crippen LogP contribution in [0.3, 0.4) is 0 Å². The number of hydrogen-bond acceptors (Lipinski definition) is 3. The van der Waals surface area contributed by atoms with E-state index in [1.165, 1.54) is 0 Å². The summed E-state index contributed by atoms with van der Waals surface area (Å²) in [6, 6.07) is 17.9. The van der Waals surface area contributed by atoms with Gasteiger partial charge in [0, 0.05) is 0 Å². The Balaban J connectivity index is 1.84. The van der Waals surface area contributed by atoms with Gasteiger partial charge in [0.25, 0.3) is 0 Å². The molecule has 0 aliphatic carbocycles. The first-order valence-corrected chi connectivity index (χ1v) is 6.93. The zero-order chi connectivity index (χ0) is 13.8. The Morgan fingerprint density at radius 1 is 1.05 bits per heavy atom. The first-order chi connectivity index (χ1) is 9.88. The second-order valence-corrected chi connectivity index (χ2v) is 4.70. The summed E-state index contributed by atoms with van der Waals surface area (Å²) < 4.78 is 17.2. The third-order valence-electron chi connectivity index (χ3n) is 3.23. The number of benzene rings is 2. The molecule has 1 fully saturated rings. The van der Waals surface area contributed by atoms with Crippen LogP contribution in [-0.2, 0) is 4.74 Å². The lowest BCUT2D eigenvalue weighted by atomic mass is 10.1. The predicted molar refractivity (Wildman–Crippen MR) is 77.2 cm³/mol. The van der Waals surface area contributed by atoms with Crippen molar-refractivity contribution >= 4 is 0 Å². The van der Waals surface area contributed by atoms with Crippen molar-refractivity contribution in [3.63, 3.8) is 0 Å². The van der Waals surface area contributed by atoms with E-state index in [1.54, 1.807) is 0 Å². The van der Waals surface area contributed by atoms with Gasteiger partial charge in [-0.3, -0.25) is 0 Å². The Morgan fingerprint density at radius 2 is 1.70 bits per heavy atom. The standard InChI is InChI=1S/C17H18O3/c1-2-18-14-10-6-7-11-15(14)20-17(16-12-19-16)13-8-4-3-5-9-13/h3-11,16-17H,2,12H2,1H3/t16-,17+/m1/s1. The topological polar surface area (TPSA) is 31.0 Å². The van der Waals surface area contributed by atoms with Crippen molar-refractivity contribution in [1.82, 2.24) is 0 Å². The third kappa shape index (κ3) is 2.94. The molecule has 0 N–H and O–H groups in total. The van der Waals surface area contributed by atoms with E-state index in [0.717, 1.165) is 23.7 Å². The molecule has 104 valence electrons. The van der Waals surface area contributed by atoms with E-state index >= 15 is 0 Å². The van der Waals surface area contributed by atoms with E-state index in [4.69, 9.17) is 14.2 Å². The Labute approximate surface area is 119 Å². The highest BCUT2D eigenvalue weighted by atomic mass is 16.6. The zero-order valence-corrected chi connectivity index (χ0v) is 11.5. The maximum absolute atomic E-state index is 6.16. The van der Waals surface area contributed by atoms with Crippen LogP contribution in [0.15, 0.2) is 54.6 Å². The maximum Gasteiger partial charge on any atom is 0.162 e. The van der Waals surface area contributed by atoms with E-state index < -0.39 is 0 Å². The van der Waals surface area contributed by atoms with Gasteiger partial charge >= 0.3 is 0 Å². The molecule has 3 nitrogen and oxygen atoms in total. The van der Waals surface area contributed by atoms with Crippen molar-refractivity contribution in [3.05, 3.63) is 60.2 Å². The van der Waals surface area contributed by atoms with Crippen LogP contribution in [0, 0.1) is 0 Å². The molecular formula is C17H18O3. The maximum atomic E-state index is 6.16. The minimum absolute atomic E-state index is 0.0854. The molecule has 0 saturated carbocycles. The smallest absolute Gasteiger partial charge is 0.162 e. The van der Waals surface area contributed by atoms with Crippen molar-refractivity contribution in [2.24, 2.45) is 0 Å². The summed E-state index contributed by atoms with van der Waals surface area (Å²) in [6.45, 7) is 3.34. The second-order valence-electron chi connectivity index (χ2n) is 4.70. The number of epoxide rings is 1. The summed E-state index contributed by atoms with van der Waals surface area (Å²) in [7, 11) is 0. The van der Waals surface area contributed by atoms with Gasteiger partial charge in [-0.2, -0.15) is 0 Å². The summed E-state index contributed by atoms with van der Waals surface area (Å²) in [5, 5.41) is 0. The quantitative estimate of drug-likeness (QED) is 0.751. The minimum Gasteiger partial charge on any atom is -0.490 e. The molecule has 1 aliphatic heterocycles. The van der Waals surface area contributed by atoms with Gasteiger partial charge in [-0.1, -0.05) is 42.5 Å². The lowest BCUT2D eigenvalue weighted by Crippen LogP contribution is -2.14. The van der Waals surface area contributed by atoms with E-state index in [1.807, 2.05) is 49.4 Å². The monoisotopic (exact) mass is 270 g/mol. The lowest BCUT2D eigenvalue weighted by molar-refractivity contribution is 0.154. The van der Waals surface area contributed by atoms with E-state index in [9.17, 15) is 0 Å². The molecule has 0 radical (unpaired) electrons. The Kier molecular flexibility index (Phi) is 3.88. The fraction of sp³-hybridized carbons (Fsp3) is 0.294. The molecule has 0 bridgehead atoms. The largest absolute Gasteiger partial charge is 0.490 e. The summed E-state index contributed by atoms with van der Waals surface area (Å²) >= 11 is 0. The molecule has 0 unspecified atom stereocenters. The van der Waals surface area contributed by atoms with Crippen LogP contribution >= 0.6 is 0 Å². The summed E-state index contributed by atoms with van der Waals surface area (Å²) in [6.07, 6.45) is 0.0462. The van der Waals surface area contributed by atoms with Crippen LogP contribution in [0.4, 0.5) is 0 Å². The highest BCUT2D eigenvalue weighted by Crippen LogP contribution is 2.36. The average molecular weight is 270 g/mol. The van der Waals surface area contributed by atoms with Crippen LogP contribution in [0.25, 0.3) is 0 Å². The molecule has 0 amide bonds. The van der Waals surface area contributed by atoms with Crippen molar-refractivity contribution < 1.29 is 14.2 Å². The summed E-state index contributed by atoms with van der Waals surface area (Å²) in [4.78, 5) is 0. The third-order valence-corrected chi connectivity index (χ3v) is 3.23. The van der Waals surface area contributed by atoms with Crippen molar-refractivity contribution in [3.8, 4) is 11.5 Å². The van der Waals surface area contributed by atoms with Gasteiger partial charge in [0.2, 0.25) is 0 Å². The van der Waals surface area contributed by atoms with Crippen LogP contribution in [0.1, 0.15) is 18.6 Å². The average Bonchev–Trinajstić information content (AvgIpc) is 3.32. The van der Waals surface area contributed by atoms with Gasteiger partial charge in [0.15, 0.2) is 17.6 Å². The molecule has 1 aliphatic rings.